The van der Waals surface area contributed by atoms with Crippen LogP contribution < -0.4 is 14.3 Å². The highest BCUT2D eigenvalue weighted by Crippen LogP contribution is 2.56. The molecule has 6 heteroatoms. The van der Waals surface area contributed by atoms with Gasteiger partial charge in [0.25, 0.3) is 0 Å². The summed E-state index contributed by atoms with van der Waals surface area (Å²) in [7, 11) is 0. The molecule has 0 amide bonds. The molecule has 1 N–H and O–H groups in total. The first-order chi connectivity index (χ1) is 20.1. The van der Waals surface area contributed by atoms with E-state index < -0.39 is 5.69 Å². The quantitative estimate of drug-likeness (QED) is 0.109. The Hall–Kier alpha value is -0.840. The maximum Gasteiger partial charge on any atom is 0.126 e. The summed E-state index contributed by atoms with van der Waals surface area (Å²) in [5.74, 6) is 2.25. The van der Waals surface area contributed by atoms with Crippen LogP contribution in [0, 0.1) is 11.8 Å². The monoisotopic (exact) mass is 635 g/mol. The zero-order valence-electron chi connectivity index (χ0n) is 28.0. The van der Waals surface area contributed by atoms with Crippen molar-refractivity contribution in [2.75, 3.05) is 19.6 Å². The van der Waals surface area contributed by atoms with Crippen molar-refractivity contribution in [3.05, 3.63) is 59.7 Å². The van der Waals surface area contributed by atoms with Crippen LogP contribution in [-0.2, 0) is 24.6 Å². The average molecular weight is 636 g/mol. The number of benzene rings is 2. The zero-order valence-corrected chi connectivity index (χ0v) is 30.5. The summed E-state index contributed by atoms with van der Waals surface area (Å²) in [4.78, 5) is 16.0. The summed E-state index contributed by atoms with van der Waals surface area (Å²) in [5, 5.41) is 0. The van der Waals surface area contributed by atoms with Crippen molar-refractivity contribution < 1.29 is 14.3 Å². The molecule has 2 aromatic rings. The third-order valence-electron chi connectivity index (χ3n) is 7.82. The first kappa shape index (κ1) is 39.2. The second-order valence-corrected chi connectivity index (χ2v) is 18.2. The molecule has 42 heavy (non-hydrogen) atoms. The molecule has 0 radical (unpaired) electrons. The molecule has 2 aromatic carbocycles. The van der Waals surface area contributed by atoms with Crippen LogP contribution in [0.4, 0.5) is 0 Å². The van der Waals surface area contributed by atoms with Gasteiger partial charge in [0.2, 0.25) is 0 Å². The van der Waals surface area contributed by atoms with E-state index in [2.05, 4.69) is 66.7 Å². The summed E-state index contributed by atoms with van der Waals surface area (Å²) in [6, 6.07) is 16.2. The van der Waals surface area contributed by atoms with Crippen LogP contribution in [0.3, 0.4) is 0 Å². The van der Waals surface area contributed by atoms with Crippen LogP contribution in [0.2, 0.25) is 0 Å². The summed E-state index contributed by atoms with van der Waals surface area (Å²) >= 11 is 6.75. The molecule has 2 rings (SSSR count). The Morgan fingerprint density at radius 3 is 1.64 bits per heavy atom. The van der Waals surface area contributed by atoms with Gasteiger partial charge in [-0.05, 0) is 81.5 Å². The van der Waals surface area contributed by atoms with Crippen LogP contribution in [0.5, 0.6) is 5.75 Å². The Morgan fingerprint density at radius 2 is 1.14 bits per heavy atom. The van der Waals surface area contributed by atoms with Crippen LogP contribution >= 0.6 is 17.1 Å². The minimum absolute atomic E-state index is 0.683. The second kappa shape index (κ2) is 23.5. The fraction of sp³-hybridized carbons (Fsp3) is 0.667. The Labute approximate surface area is 269 Å². The number of para-hydroxylation sites is 1. The molecule has 0 bridgehead atoms. The highest BCUT2D eigenvalue weighted by Gasteiger charge is 2.14. The number of hydrogen-bond donors (Lipinski definition) is 1. The van der Waals surface area contributed by atoms with Gasteiger partial charge in [-0.3, -0.25) is 0 Å². The van der Waals surface area contributed by atoms with E-state index in [0.717, 1.165) is 48.0 Å². The average Bonchev–Trinajstić information content (AvgIpc) is 2.95. The summed E-state index contributed by atoms with van der Waals surface area (Å²) < 4.78 is 6.01. The van der Waals surface area contributed by atoms with Gasteiger partial charge >= 0.3 is 0 Å². The minimum Gasteiger partial charge on any atom is -0.783 e. The van der Waals surface area contributed by atoms with Crippen LogP contribution in [0.25, 0.3) is 0 Å². The van der Waals surface area contributed by atoms with Crippen molar-refractivity contribution in [3.63, 3.8) is 0 Å². The minimum atomic E-state index is -3.31. The molecule has 1 unspecified atom stereocenters. The third kappa shape index (κ3) is 18.7. The highest BCUT2D eigenvalue weighted by atomic mass is 32.9. The third-order valence-corrected chi connectivity index (χ3v) is 11.4. The molecule has 1 atom stereocenters. The highest BCUT2D eigenvalue weighted by molar-refractivity contribution is 8.67. The summed E-state index contributed by atoms with van der Waals surface area (Å²) in [6.45, 7) is 19.6. The molecule has 0 heterocycles. The fourth-order valence-electron chi connectivity index (χ4n) is 5.05. The number of nitrogens with one attached hydrogen (secondary N) is 1. The zero-order chi connectivity index (χ0) is 31.2. The van der Waals surface area contributed by atoms with Gasteiger partial charge in [0.15, 0.2) is 0 Å². The van der Waals surface area contributed by atoms with E-state index in [0.29, 0.717) is 5.75 Å². The van der Waals surface area contributed by atoms with Gasteiger partial charge in [-0.2, -0.15) is 0 Å². The van der Waals surface area contributed by atoms with Crippen molar-refractivity contribution in [2.24, 2.45) is 11.8 Å². The fourth-order valence-corrected chi connectivity index (χ4v) is 8.75. The van der Waals surface area contributed by atoms with Gasteiger partial charge in [0, 0.05) is 4.90 Å². The van der Waals surface area contributed by atoms with Crippen molar-refractivity contribution in [1.29, 1.82) is 0 Å². The van der Waals surface area contributed by atoms with E-state index in [1.807, 2.05) is 30.3 Å². The van der Waals surface area contributed by atoms with E-state index in [4.69, 9.17) is 16.3 Å². The Balaban J connectivity index is 0.00000112. The van der Waals surface area contributed by atoms with E-state index in [9.17, 15) is 4.89 Å². The molecule has 240 valence electrons. The SMILES string of the molecule is CC(C)CCCCCCc1ccccc1OP([O-])(=S)Sc1ccccc1CCCCCCC(C)C.CC[NH+](CC)CC. The molecule has 0 aromatic heterocycles. The molecule has 0 aliphatic rings. The van der Waals surface area contributed by atoms with Gasteiger partial charge < -0.3 is 14.3 Å². The maximum absolute atomic E-state index is 13.4. The topological polar surface area (TPSA) is 36.7 Å². The van der Waals surface area contributed by atoms with E-state index in [-0.39, 0.29) is 0 Å². The predicted molar refractivity (Wildman–Crippen MR) is 189 cm³/mol. The largest absolute Gasteiger partial charge is 0.783 e. The van der Waals surface area contributed by atoms with Gasteiger partial charge in [-0.1, -0.05) is 139 Å². The second-order valence-electron chi connectivity index (χ2n) is 12.3. The number of hydrogen-bond acceptors (Lipinski definition) is 4. The predicted octanol–water partition coefficient (Wildman–Crippen LogP) is 9.67. The molecule has 0 aliphatic heterocycles. The van der Waals surface area contributed by atoms with Crippen LogP contribution in [0.1, 0.15) is 124 Å². The lowest BCUT2D eigenvalue weighted by molar-refractivity contribution is -0.894. The molecule has 0 spiro atoms. The lowest BCUT2D eigenvalue weighted by atomic mass is 10.0. The van der Waals surface area contributed by atoms with Crippen LogP contribution in [0.15, 0.2) is 53.4 Å². The Kier molecular flexibility index (Phi) is 22.0. The Bertz CT molecular complexity index is 919. The summed E-state index contributed by atoms with van der Waals surface area (Å²) in [5.41, 5.74) is -0.977. The maximum atomic E-state index is 13.4. The standard InChI is InChI=1S/C30H47O2PS2.C6H15N/c1-25(2)17-9-5-7-11-19-27-20-13-15-23-29(27)32-33(31,34)35-30-24-16-14-22-28(30)21-12-8-6-10-18-26(3)4;1-4-7(5-2)6-3/h13-16,20,22-26H,5-12,17-19,21H2,1-4H3,(H,31,34);4-6H2,1-3H3. The van der Waals surface area contributed by atoms with E-state index in [1.54, 1.807) is 4.90 Å². The number of quaternary nitrogens is 1. The van der Waals surface area contributed by atoms with Crippen LogP contribution in [-0.4, -0.2) is 19.6 Å². The number of aryl methyl sites for hydroxylation is 2. The van der Waals surface area contributed by atoms with Gasteiger partial charge in [-0.25, -0.2) is 0 Å². The molecule has 0 saturated heterocycles. The van der Waals surface area contributed by atoms with Crippen molar-refractivity contribution in [1.82, 2.24) is 0 Å². The molecule has 0 fully saturated rings. The van der Waals surface area contributed by atoms with Crippen molar-refractivity contribution >= 4 is 28.9 Å². The normalized spacial score (nSPS) is 12.8. The number of rotatable bonds is 21. The first-order valence-electron chi connectivity index (χ1n) is 16.8. The molecular formula is C36H62NO2PS2. The van der Waals surface area contributed by atoms with Crippen molar-refractivity contribution in [2.45, 2.75) is 130 Å². The van der Waals surface area contributed by atoms with Gasteiger partial charge in [0.1, 0.15) is 11.4 Å². The lowest BCUT2D eigenvalue weighted by Gasteiger charge is -2.29. The van der Waals surface area contributed by atoms with E-state index in [1.165, 1.54) is 87.9 Å². The smallest absolute Gasteiger partial charge is 0.126 e. The van der Waals surface area contributed by atoms with Crippen molar-refractivity contribution in [3.8, 4) is 5.75 Å². The Morgan fingerprint density at radius 1 is 0.690 bits per heavy atom. The molecule has 3 nitrogen and oxygen atoms in total. The molecule has 0 saturated carbocycles. The first-order valence-corrected chi connectivity index (χ1v) is 20.9. The molecular weight excluding hydrogens is 574 g/mol. The van der Waals surface area contributed by atoms with Gasteiger partial charge in [0.05, 0.1) is 19.6 Å². The van der Waals surface area contributed by atoms with Gasteiger partial charge in [-0.15, -0.1) is 0 Å². The molecule has 0 aliphatic carbocycles. The van der Waals surface area contributed by atoms with E-state index >= 15 is 0 Å². The summed E-state index contributed by atoms with van der Waals surface area (Å²) in [6.07, 6.45) is 14.4. The lowest BCUT2D eigenvalue weighted by Crippen LogP contribution is -3.11. The number of unbranched alkanes of at least 4 members (excludes halogenated alkanes) is 6.